The zero-order valence-electron chi connectivity index (χ0n) is 11.6. The first-order chi connectivity index (χ1) is 9.70. The minimum atomic E-state index is 0.260. The summed E-state index contributed by atoms with van der Waals surface area (Å²) in [5.41, 5.74) is 1.05. The monoisotopic (exact) mass is 316 g/mol. The maximum atomic E-state index is 8.92. The number of β-amino-alcohol motifs (C(OH)–C–C–N with tert-alkyl or cyclic N) is 1. The van der Waals surface area contributed by atoms with Crippen molar-refractivity contribution in [3.8, 4) is 0 Å². The van der Waals surface area contributed by atoms with Crippen LogP contribution in [-0.2, 0) is 6.54 Å². The highest BCUT2D eigenvalue weighted by Gasteiger charge is 2.18. The molecule has 0 radical (unpaired) electrons. The van der Waals surface area contributed by atoms with Gasteiger partial charge in [0.15, 0.2) is 0 Å². The molecule has 2 N–H and O–H groups in total. The van der Waals surface area contributed by atoms with Gasteiger partial charge in [0, 0.05) is 13.1 Å². The summed E-state index contributed by atoms with van der Waals surface area (Å²) in [6.07, 6.45) is 2.38. The fourth-order valence-electron chi connectivity index (χ4n) is 2.65. The van der Waals surface area contributed by atoms with Gasteiger partial charge in [-0.3, -0.25) is 0 Å². The molecule has 5 heteroatoms. The maximum absolute atomic E-state index is 8.92. The van der Waals surface area contributed by atoms with E-state index < -0.39 is 0 Å². The van der Waals surface area contributed by atoms with Gasteiger partial charge in [0.05, 0.1) is 16.7 Å². The van der Waals surface area contributed by atoms with Crippen LogP contribution in [0.2, 0.25) is 10.0 Å². The molecule has 2 rings (SSSR count). The highest BCUT2D eigenvalue weighted by molar-refractivity contribution is 6.42. The number of piperidine rings is 1. The van der Waals surface area contributed by atoms with Gasteiger partial charge in [-0.1, -0.05) is 35.3 Å². The van der Waals surface area contributed by atoms with Crippen LogP contribution in [-0.4, -0.2) is 42.8 Å². The molecule has 0 bridgehead atoms. The third-order valence-electron chi connectivity index (χ3n) is 3.90. The maximum Gasteiger partial charge on any atom is 0.0637 e. The molecule has 3 nitrogen and oxygen atoms in total. The molecule has 0 atom stereocenters. The number of halogens is 2. The van der Waals surface area contributed by atoms with Crippen LogP contribution in [0.1, 0.15) is 18.4 Å². The first-order valence-electron chi connectivity index (χ1n) is 7.17. The van der Waals surface area contributed by atoms with Crippen LogP contribution in [0.5, 0.6) is 0 Å². The fraction of sp³-hybridized carbons (Fsp3) is 0.600. The van der Waals surface area contributed by atoms with Crippen LogP contribution < -0.4 is 5.32 Å². The van der Waals surface area contributed by atoms with Crippen LogP contribution >= 0.6 is 23.2 Å². The lowest BCUT2D eigenvalue weighted by Gasteiger charge is -2.31. The van der Waals surface area contributed by atoms with Crippen LogP contribution in [0.3, 0.4) is 0 Å². The molecule has 0 saturated carbocycles. The SMILES string of the molecule is OCCN1CCC(CNCc2cccc(Cl)c2Cl)CC1. The number of nitrogens with zero attached hydrogens (tertiary/aromatic N) is 1. The molecule has 1 aromatic carbocycles. The van der Waals surface area contributed by atoms with E-state index in [2.05, 4.69) is 10.2 Å². The van der Waals surface area contributed by atoms with Gasteiger partial charge >= 0.3 is 0 Å². The Morgan fingerprint density at radius 3 is 2.70 bits per heavy atom. The summed E-state index contributed by atoms with van der Waals surface area (Å²) in [6.45, 7) is 5.01. The second kappa shape index (κ2) is 8.20. The van der Waals surface area contributed by atoms with Crippen LogP contribution in [0.25, 0.3) is 0 Å². The quantitative estimate of drug-likeness (QED) is 0.847. The Labute approximate surface area is 130 Å². The van der Waals surface area contributed by atoms with Gasteiger partial charge in [-0.2, -0.15) is 0 Å². The van der Waals surface area contributed by atoms with Crippen LogP contribution in [0, 0.1) is 5.92 Å². The topological polar surface area (TPSA) is 35.5 Å². The van der Waals surface area contributed by atoms with Crippen molar-refractivity contribution in [1.82, 2.24) is 10.2 Å². The minimum absolute atomic E-state index is 0.260. The van der Waals surface area contributed by atoms with Crippen molar-refractivity contribution in [3.05, 3.63) is 33.8 Å². The van der Waals surface area contributed by atoms with Crippen molar-refractivity contribution >= 4 is 23.2 Å². The standard InChI is InChI=1S/C15H22Cl2N2O/c16-14-3-1-2-13(15(14)17)11-18-10-12-4-6-19(7-5-12)8-9-20/h1-3,12,18,20H,4-11H2. The molecular weight excluding hydrogens is 295 g/mol. The Hall–Kier alpha value is -0.320. The van der Waals surface area contributed by atoms with E-state index in [-0.39, 0.29) is 6.61 Å². The number of likely N-dealkylation sites (tertiary alicyclic amines) is 1. The lowest BCUT2D eigenvalue weighted by molar-refractivity contribution is 0.146. The van der Waals surface area contributed by atoms with E-state index in [1.807, 2.05) is 18.2 Å². The molecule has 0 amide bonds. The molecule has 20 heavy (non-hydrogen) atoms. The minimum Gasteiger partial charge on any atom is -0.395 e. The third-order valence-corrected chi connectivity index (χ3v) is 4.76. The summed E-state index contributed by atoms with van der Waals surface area (Å²) in [5.74, 6) is 0.711. The molecule has 1 heterocycles. The lowest BCUT2D eigenvalue weighted by Crippen LogP contribution is -2.38. The molecule has 1 aliphatic heterocycles. The van der Waals surface area contributed by atoms with Gasteiger partial charge in [0.25, 0.3) is 0 Å². The van der Waals surface area contributed by atoms with E-state index in [1.54, 1.807) is 0 Å². The van der Waals surface area contributed by atoms with Gasteiger partial charge in [-0.15, -0.1) is 0 Å². The number of aliphatic hydroxyl groups excluding tert-OH is 1. The molecule has 0 unspecified atom stereocenters. The Bertz CT molecular complexity index is 420. The summed E-state index contributed by atoms with van der Waals surface area (Å²) < 4.78 is 0. The molecule has 0 aromatic heterocycles. The van der Waals surface area contributed by atoms with Crippen molar-refractivity contribution in [2.45, 2.75) is 19.4 Å². The second-order valence-electron chi connectivity index (χ2n) is 5.35. The predicted octanol–water partition coefficient (Wildman–Crippen LogP) is 2.79. The van der Waals surface area contributed by atoms with E-state index in [9.17, 15) is 0 Å². The van der Waals surface area contributed by atoms with Gasteiger partial charge in [0.1, 0.15) is 0 Å². The van der Waals surface area contributed by atoms with Gasteiger partial charge in [-0.25, -0.2) is 0 Å². The molecular formula is C15H22Cl2N2O. The number of hydrogen-bond acceptors (Lipinski definition) is 3. The summed E-state index contributed by atoms with van der Waals surface area (Å²) in [6, 6.07) is 5.74. The van der Waals surface area contributed by atoms with E-state index in [0.717, 1.165) is 38.3 Å². The summed E-state index contributed by atoms with van der Waals surface area (Å²) >= 11 is 12.2. The molecule has 1 saturated heterocycles. The summed E-state index contributed by atoms with van der Waals surface area (Å²) in [7, 11) is 0. The average molecular weight is 317 g/mol. The third kappa shape index (κ3) is 4.61. The van der Waals surface area contributed by atoms with Crippen molar-refractivity contribution in [1.29, 1.82) is 0 Å². The van der Waals surface area contributed by atoms with Crippen molar-refractivity contribution < 1.29 is 5.11 Å². The lowest BCUT2D eigenvalue weighted by atomic mass is 9.97. The van der Waals surface area contributed by atoms with Crippen LogP contribution in [0.4, 0.5) is 0 Å². The van der Waals surface area contributed by atoms with E-state index >= 15 is 0 Å². The summed E-state index contributed by atoms with van der Waals surface area (Å²) in [4.78, 5) is 2.32. The van der Waals surface area contributed by atoms with E-state index in [1.165, 1.54) is 12.8 Å². The molecule has 1 aliphatic rings. The van der Waals surface area contributed by atoms with E-state index in [0.29, 0.717) is 16.0 Å². The summed E-state index contributed by atoms with van der Waals surface area (Å²) in [5, 5.41) is 13.7. The highest BCUT2D eigenvalue weighted by atomic mass is 35.5. The predicted molar refractivity (Wildman–Crippen MR) is 84.4 cm³/mol. The van der Waals surface area contributed by atoms with Gasteiger partial charge in [-0.05, 0) is 50.0 Å². The number of hydrogen-bond donors (Lipinski definition) is 2. The Morgan fingerprint density at radius 2 is 2.00 bits per heavy atom. The molecule has 0 spiro atoms. The Kier molecular flexibility index (Phi) is 6.59. The van der Waals surface area contributed by atoms with Crippen molar-refractivity contribution in [3.63, 3.8) is 0 Å². The van der Waals surface area contributed by atoms with Gasteiger partial charge in [0.2, 0.25) is 0 Å². The zero-order chi connectivity index (χ0) is 14.4. The van der Waals surface area contributed by atoms with Crippen molar-refractivity contribution in [2.24, 2.45) is 5.92 Å². The first-order valence-corrected chi connectivity index (χ1v) is 7.93. The molecule has 112 valence electrons. The fourth-order valence-corrected chi connectivity index (χ4v) is 3.04. The Balaban J connectivity index is 1.70. The zero-order valence-corrected chi connectivity index (χ0v) is 13.1. The van der Waals surface area contributed by atoms with Gasteiger partial charge < -0.3 is 15.3 Å². The van der Waals surface area contributed by atoms with Crippen LogP contribution in [0.15, 0.2) is 18.2 Å². The molecule has 1 aromatic rings. The Morgan fingerprint density at radius 1 is 1.25 bits per heavy atom. The first kappa shape index (κ1) is 16.1. The highest BCUT2D eigenvalue weighted by Crippen LogP contribution is 2.25. The normalized spacial score (nSPS) is 17.6. The molecule has 1 fully saturated rings. The smallest absolute Gasteiger partial charge is 0.0637 e. The number of aliphatic hydroxyl groups is 1. The number of rotatable bonds is 6. The number of benzene rings is 1. The number of nitrogens with one attached hydrogen (secondary N) is 1. The average Bonchev–Trinajstić information content (AvgIpc) is 2.46. The van der Waals surface area contributed by atoms with E-state index in [4.69, 9.17) is 28.3 Å². The van der Waals surface area contributed by atoms with Crippen molar-refractivity contribution in [2.75, 3.05) is 32.8 Å². The largest absolute Gasteiger partial charge is 0.395 e. The second-order valence-corrected chi connectivity index (χ2v) is 6.14. The molecule has 0 aliphatic carbocycles.